The van der Waals surface area contributed by atoms with Crippen molar-refractivity contribution in [2.45, 2.75) is 85.0 Å². The van der Waals surface area contributed by atoms with Crippen molar-refractivity contribution in [1.82, 2.24) is 0 Å². The Labute approximate surface area is 173 Å². The highest BCUT2D eigenvalue weighted by Crippen LogP contribution is 2.22. The summed E-state index contributed by atoms with van der Waals surface area (Å²) in [5.41, 5.74) is 1.07. The van der Waals surface area contributed by atoms with E-state index in [2.05, 4.69) is 50.0 Å². The van der Waals surface area contributed by atoms with Crippen LogP contribution in [0, 0.1) is 11.8 Å². The molecule has 0 heterocycles. The average molecular weight is 389 g/mol. The number of rotatable bonds is 17. The first-order valence-electron chi connectivity index (χ1n) is 10.6. The van der Waals surface area contributed by atoms with E-state index in [1.54, 1.807) is 0 Å². The Hall–Kier alpha value is -1.28. The van der Waals surface area contributed by atoms with E-state index in [1.807, 2.05) is 13.8 Å². The van der Waals surface area contributed by atoms with E-state index in [4.69, 9.17) is 12.2 Å². The van der Waals surface area contributed by atoms with E-state index < -0.39 is 0 Å². The van der Waals surface area contributed by atoms with Gasteiger partial charge in [0.1, 0.15) is 6.29 Å². The Morgan fingerprint density at radius 2 is 1.67 bits per heavy atom. The molecule has 0 fully saturated rings. The lowest BCUT2D eigenvalue weighted by atomic mass is 9.86. The summed E-state index contributed by atoms with van der Waals surface area (Å²) in [6.45, 7) is 10.1. The molecule has 0 aromatic heterocycles. The van der Waals surface area contributed by atoms with Crippen LogP contribution in [0.3, 0.4) is 0 Å². The van der Waals surface area contributed by atoms with Crippen molar-refractivity contribution in [2.24, 2.45) is 11.8 Å². The standard InChI is InChI=1S/C25H40OS/c1-5-24(25(21-26)20-22(2)3)19-17-15-13-11-9-7-6-8-10-12-14-16-18-23(4)27/h7,9,13,15,17,19,21,24-25H,2,5-6,8,10-12,14,16,18,20H2,1,3-4H3/b9-7-,15-13-,19-17+. The van der Waals surface area contributed by atoms with Crippen LogP contribution in [0.1, 0.15) is 85.0 Å². The molecule has 2 atom stereocenters. The molecule has 1 nitrogen and oxygen atoms in total. The summed E-state index contributed by atoms with van der Waals surface area (Å²) < 4.78 is 0. The quantitative estimate of drug-likeness (QED) is 0.0826. The molecule has 0 rings (SSSR count). The number of hydrogen-bond acceptors (Lipinski definition) is 2. The zero-order chi connectivity index (χ0) is 20.3. The smallest absolute Gasteiger partial charge is 0.123 e. The number of thiocarbonyl (C=S) groups is 1. The maximum atomic E-state index is 11.3. The highest BCUT2D eigenvalue weighted by molar-refractivity contribution is 7.80. The molecule has 27 heavy (non-hydrogen) atoms. The zero-order valence-corrected chi connectivity index (χ0v) is 18.6. The van der Waals surface area contributed by atoms with Gasteiger partial charge in [-0.2, -0.15) is 0 Å². The molecule has 2 unspecified atom stereocenters. The maximum absolute atomic E-state index is 11.3. The fourth-order valence-corrected chi connectivity index (χ4v) is 3.25. The molecule has 0 aliphatic rings. The fraction of sp³-hybridized carbons (Fsp3) is 0.600. The predicted molar refractivity (Wildman–Crippen MR) is 125 cm³/mol. The molecule has 0 bridgehead atoms. The van der Waals surface area contributed by atoms with Crippen molar-refractivity contribution in [2.75, 3.05) is 0 Å². The van der Waals surface area contributed by atoms with Gasteiger partial charge in [0, 0.05) is 5.92 Å². The molecule has 0 saturated carbocycles. The Morgan fingerprint density at radius 3 is 2.30 bits per heavy atom. The molecule has 0 amide bonds. The minimum Gasteiger partial charge on any atom is -0.303 e. The molecule has 0 aromatic rings. The third kappa shape index (κ3) is 16.6. The van der Waals surface area contributed by atoms with Crippen molar-refractivity contribution in [3.63, 3.8) is 0 Å². The summed E-state index contributed by atoms with van der Waals surface area (Å²) >= 11 is 5.10. The summed E-state index contributed by atoms with van der Waals surface area (Å²) in [4.78, 5) is 12.4. The van der Waals surface area contributed by atoms with Gasteiger partial charge in [0.05, 0.1) is 0 Å². The van der Waals surface area contributed by atoms with Crippen LogP contribution in [-0.4, -0.2) is 11.2 Å². The molecule has 0 aliphatic carbocycles. The van der Waals surface area contributed by atoms with E-state index in [9.17, 15) is 4.79 Å². The molecule has 152 valence electrons. The first kappa shape index (κ1) is 25.7. The largest absolute Gasteiger partial charge is 0.303 e. The van der Waals surface area contributed by atoms with Crippen LogP contribution >= 0.6 is 12.2 Å². The second kappa shape index (κ2) is 18.1. The SMILES string of the molecule is C=C(C)CC(C=O)C(/C=C/C=C\C/C=C\CCCCCCCC(C)=S)CC. The monoisotopic (exact) mass is 388 g/mol. The zero-order valence-electron chi connectivity index (χ0n) is 17.8. The fourth-order valence-electron chi connectivity index (χ4n) is 3.11. The van der Waals surface area contributed by atoms with Crippen LogP contribution in [0.4, 0.5) is 0 Å². The van der Waals surface area contributed by atoms with Crippen LogP contribution < -0.4 is 0 Å². The van der Waals surface area contributed by atoms with Gasteiger partial charge in [0.15, 0.2) is 0 Å². The summed E-state index contributed by atoms with van der Waals surface area (Å²) in [6, 6.07) is 0. The average Bonchev–Trinajstić information content (AvgIpc) is 2.63. The Bertz CT molecular complexity index is 498. The van der Waals surface area contributed by atoms with E-state index >= 15 is 0 Å². The topological polar surface area (TPSA) is 17.1 Å². The summed E-state index contributed by atoms with van der Waals surface area (Å²) in [5.74, 6) is 0.350. The number of unbranched alkanes of at least 4 members (excludes halogenated alkanes) is 5. The Balaban J connectivity index is 3.86. The second-order valence-corrected chi connectivity index (χ2v) is 8.26. The molecular weight excluding hydrogens is 348 g/mol. The normalized spacial score (nSPS) is 14.2. The van der Waals surface area contributed by atoms with E-state index in [1.165, 1.54) is 38.5 Å². The summed E-state index contributed by atoms with van der Waals surface area (Å²) in [7, 11) is 0. The molecular formula is C25H40OS. The van der Waals surface area contributed by atoms with Crippen molar-refractivity contribution < 1.29 is 4.79 Å². The van der Waals surface area contributed by atoms with Crippen LogP contribution in [-0.2, 0) is 4.79 Å². The number of hydrogen-bond donors (Lipinski definition) is 0. The van der Waals surface area contributed by atoms with Crippen LogP contribution in [0.5, 0.6) is 0 Å². The molecule has 0 saturated heterocycles. The van der Waals surface area contributed by atoms with Gasteiger partial charge in [-0.05, 0) is 69.6 Å². The minimum atomic E-state index is 0.0515. The number of carbonyl (C=O) groups is 1. The van der Waals surface area contributed by atoms with Crippen LogP contribution in [0.15, 0.2) is 48.6 Å². The van der Waals surface area contributed by atoms with Gasteiger partial charge in [-0.3, -0.25) is 0 Å². The first-order chi connectivity index (χ1) is 13.0. The predicted octanol–water partition coefficient (Wildman–Crippen LogP) is 7.97. The van der Waals surface area contributed by atoms with Crippen LogP contribution in [0.2, 0.25) is 0 Å². The highest BCUT2D eigenvalue weighted by Gasteiger charge is 2.16. The van der Waals surface area contributed by atoms with Gasteiger partial charge in [0.25, 0.3) is 0 Å². The molecule has 0 radical (unpaired) electrons. The summed E-state index contributed by atoms with van der Waals surface area (Å²) in [6.07, 6.45) is 25.6. The first-order valence-corrected chi connectivity index (χ1v) is 11.0. The van der Waals surface area contributed by atoms with Gasteiger partial charge in [-0.25, -0.2) is 0 Å². The third-order valence-corrected chi connectivity index (χ3v) is 4.93. The number of allylic oxidation sites excluding steroid dienone is 7. The van der Waals surface area contributed by atoms with Gasteiger partial charge in [0.2, 0.25) is 0 Å². The third-order valence-electron chi connectivity index (χ3n) is 4.72. The minimum absolute atomic E-state index is 0.0515. The lowest BCUT2D eigenvalue weighted by molar-refractivity contribution is -0.112. The summed E-state index contributed by atoms with van der Waals surface area (Å²) in [5, 5.41) is 0. The molecule has 0 spiro atoms. The van der Waals surface area contributed by atoms with E-state index in [0.717, 1.165) is 42.4 Å². The van der Waals surface area contributed by atoms with Crippen molar-refractivity contribution in [3.8, 4) is 0 Å². The molecule has 0 aromatic carbocycles. The van der Waals surface area contributed by atoms with E-state index in [-0.39, 0.29) is 5.92 Å². The van der Waals surface area contributed by atoms with Gasteiger partial charge in [-0.15, -0.1) is 6.58 Å². The highest BCUT2D eigenvalue weighted by atomic mass is 32.1. The van der Waals surface area contributed by atoms with Gasteiger partial charge < -0.3 is 4.79 Å². The van der Waals surface area contributed by atoms with Crippen molar-refractivity contribution in [3.05, 3.63) is 48.6 Å². The van der Waals surface area contributed by atoms with Crippen LogP contribution in [0.25, 0.3) is 0 Å². The lowest BCUT2D eigenvalue weighted by Gasteiger charge is -2.17. The van der Waals surface area contributed by atoms with Crippen molar-refractivity contribution >= 4 is 23.4 Å². The number of aldehydes is 1. The number of carbonyl (C=O) groups excluding carboxylic acids is 1. The van der Waals surface area contributed by atoms with Gasteiger partial charge >= 0.3 is 0 Å². The van der Waals surface area contributed by atoms with E-state index in [0.29, 0.717) is 5.92 Å². The van der Waals surface area contributed by atoms with Gasteiger partial charge in [-0.1, -0.05) is 80.4 Å². The molecule has 2 heteroatoms. The Morgan fingerprint density at radius 1 is 0.963 bits per heavy atom. The second-order valence-electron chi connectivity index (χ2n) is 7.56. The van der Waals surface area contributed by atoms with Crippen molar-refractivity contribution in [1.29, 1.82) is 0 Å². The Kier molecular flexibility index (Phi) is 17.2. The molecule has 0 aliphatic heterocycles. The lowest BCUT2D eigenvalue weighted by Crippen LogP contribution is -2.13. The molecule has 0 N–H and O–H groups in total. The maximum Gasteiger partial charge on any atom is 0.123 e.